The zero-order valence-corrected chi connectivity index (χ0v) is 16.2. The molecule has 2 aliphatic rings. The minimum Gasteiger partial charge on any atom is -0.326 e. The molecular weight excluding hydrogens is 356 g/mol. The van der Waals surface area contributed by atoms with E-state index in [-0.39, 0.29) is 17.7 Å². The van der Waals surface area contributed by atoms with Gasteiger partial charge in [-0.15, -0.1) is 0 Å². The van der Waals surface area contributed by atoms with Crippen LogP contribution in [-0.2, 0) is 11.8 Å². The Hall–Kier alpha value is -2.74. The fraction of sp³-hybridized carbons (Fsp3) is 0.500. The van der Waals surface area contributed by atoms with Crippen LogP contribution in [0.15, 0.2) is 24.3 Å². The number of nitrogens with zero attached hydrogens (tertiary/aromatic N) is 3. The minimum atomic E-state index is -0.249. The monoisotopic (exact) mass is 382 g/mol. The normalized spacial score (nSPS) is 21.9. The molecule has 8 heteroatoms. The van der Waals surface area contributed by atoms with Gasteiger partial charge in [-0.05, 0) is 62.5 Å². The zero-order chi connectivity index (χ0) is 19.7. The van der Waals surface area contributed by atoms with E-state index in [0.29, 0.717) is 29.0 Å². The van der Waals surface area contributed by atoms with E-state index in [2.05, 4.69) is 33.0 Å². The van der Waals surface area contributed by atoms with Crippen LogP contribution in [0.25, 0.3) is 0 Å². The molecule has 0 radical (unpaired) electrons. The van der Waals surface area contributed by atoms with Crippen molar-refractivity contribution >= 4 is 23.5 Å². The van der Waals surface area contributed by atoms with E-state index < -0.39 is 0 Å². The van der Waals surface area contributed by atoms with Crippen LogP contribution in [-0.4, -0.2) is 39.7 Å². The number of aryl methyl sites for hydroxylation is 1. The van der Waals surface area contributed by atoms with E-state index in [1.54, 1.807) is 36.0 Å². The molecule has 1 aliphatic heterocycles. The molecule has 148 valence electrons. The Morgan fingerprint density at radius 1 is 1.14 bits per heavy atom. The number of aromatic nitrogens is 3. The number of hydrogen-bond donors (Lipinski definition) is 3. The van der Waals surface area contributed by atoms with Crippen LogP contribution in [0, 0.1) is 11.8 Å². The first-order valence-corrected chi connectivity index (χ1v) is 9.85. The van der Waals surface area contributed by atoms with Crippen molar-refractivity contribution < 1.29 is 9.59 Å². The molecule has 1 saturated carbocycles. The summed E-state index contributed by atoms with van der Waals surface area (Å²) in [6.07, 6.45) is 2.96. The summed E-state index contributed by atoms with van der Waals surface area (Å²) in [6.45, 7) is 4.00. The predicted molar refractivity (Wildman–Crippen MR) is 106 cm³/mol. The summed E-state index contributed by atoms with van der Waals surface area (Å²) in [7, 11) is 1.78. The third-order valence-electron chi connectivity index (χ3n) is 5.57. The zero-order valence-electron chi connectivity index (χ0n) is 16.2. The highest BCUT2D eigenvalue weighted by atomic mass is 16.2. The van der Waals surface area contributed by atoms with Gasteiger partial charge in [0.2, 0.25) is 11.9 Å². The molecule has 1 aromatic carbocycles. The molecule has 2 fully saturated rings. The number of amides is 2. The van der Waals surface area contributed by atoms with Gasteiger partial charge < -0.3 is 10.6 Å². The van der Waals surface area contributed by atoms with Crippen molar-refractivity contribution in [2.75, 3.05) is 23.7 Å². The first kappa shape index (κ1) is 18.6. The molecule has 8 nitrogen and oxygen atoms in total. The SMILES string of the molecule is CC1CC1C(=O)Nc1ccc(C(=O)Nc2nc(C3CCNCC3)nn2C)cc1. The lowest BCUT2D eigenvalue weighted by molar-refractivity contribution is -0.117. The van der Waals surface area contributed by atoms with E-state index in [0.717, 1.165) is 38.2 Å². The van der Waals surface area contributed by atoms with Crippen molar-refractivity contribution in [1.29, 1.82) is 0 Å². The van der Waals surface area contributed by atoms with E-state index in [4.69, 9.17) is 0 Å². The molecule has 2 atom stereocenters. The Morgan fingerprint density at radius 2 is 1.82 bits per heavy atom. The second kappa shape index (κ2) is 7.71. The summed E-state index contributed by atoms with van der Waals surface area (Å²) >= 11 is 0. The largest absolute Gasteiger partial charge is 0.326 e. The van der Waals surface area contributed by atoms with E-state index in [9.17, 15) is 9.59 Å². The lowest BCUT2D eigenvalue weighted by Gasteiger charge is -2.19. The molecule has 0 spiro atoms. The lowest BCUT2D eigenvalue weighted by Crippen LogP contribution is -2.27. The summed E-state index contributed by atoms with van der Waals surface area (Å²) in [5.74, 6) is 1.94. The van der Waals surface area contributed by atoms with Crippen LogP contribution in [0.3, 0.4) is 0 Å². The van der Waals surface area contributed by atoms with Gasteiger partial charge in [-0.3, -0.25) is 14.9 Å². The summed E-state index contributed by atoms with van der Waals surface area (Å²) in [5.41, 5.74) is 1.21. The highest BCUT2D eigenvalue weighted by Gasteiger charge is 2.39. The molecule has 4 rings (SSSR count). The molecule has 0 bridgehead atoms. The first-order chi connectivity index (χ1) is 13.5. The van der Waals surface area contributed by atoms with Gasteiger partial charge in [-0.1, -0.05) is 6.92 Å². The van der Waals surface area contributed by atoms with Gasteiger partial charge in [0.1, 0.15) is 0 Å². The Balaban J connectivity index is 1.38. The van der Waals surface area contributed by atoms with Crippen molar-refractivity contribution in [3.8, 4) is 0 Å². The Morgan fingerprint density at radius 3 is 2.46 bits per heavy atom. The first-order valence-electron chi connectivity index (χ1n) is 9.85. The number of hydrogen-bond acceptors (Lipinski definition) is 5. The lowest BCUT2D eigenvalue weighted by atomic mass is 9.98. The molecule has 28 heavy (non-hydrogen) atoms. The van der Waals surface area contributed by atoms with E-state index >= 15 is 0 Å². The Labute approximate surface area is 164 Å². The summed E-state index contributed by atoms with van der Waals surface area (Å²) in [4.78, 5) is 29.1. The average Bonchev–Trinajstić information content (AvgIpc) is 3.33. The van der Waals surface area contributed by atoms with Gasteiger partial charge >= 0.3 is 0 Å². The molecule has 2 aromatic rings. The van der Waals surface area contributed by atoms with Crippen molar-refractivity contribution in [3.05, 3.63) is 35.7 Å². The molecule has 3 N–H and O–H groups in total. The van der Waals surface area contributed by atoms with Crippen LogP contribution in [0.4, 0.5) is 11.6 Å². The summed E-state index contributed by atoms with van der Waals surface area (Å²) in [5, 5.41) is 13.5. The molecule has 1 saturated heterocycles. The minimum absolute atomic E-state index is 0.0502. The molecule has 1 aromatic heterocycles. The molecule has 2 amide bonds. The molecular formula is C20H26N6O2. The fourth-order valence-corrected chi connectivity index (χ4v) is 3.57. The molecule has 1 aliphatic carbocycles. The van der Waals surface area contributed by atoms with Gasteiger partial charge in [0.15, 0.2) is 5.82 Å². The van der Waals surface area contributed by atoms with Crippen molar-refractivity contribution in [3.63, 3.8) is 0 Å². The number of benzene rings is 1. The molecule has 2 heterocycles. The second-order valence-electron chi connectivity index (χ2n) is 7.78. The number of piperidine rings is 1. The maximum Gasteiger partial charge on any atom is 0.258 e. The number of carbonyl (C=O) groups excluding carboxylic acids is 2. The topological polar surface area (TPSA) is 101 Å². The van der Waals surface area contributed by atoms with Gasteiger partial charge in [-0.2, -0.15) is 10.1 Å². The quantitative estimate of drug-likeness (QED) is 0.735. The standard InChI is InChI=1S/C20H26N6O2/c1-12-11-16(12)19(28)22-15-5-3-14(4-6-15)18(27)24-20-23-17(25-26(20)2)13-7-9-21-10-8-13/h3-6,12-13,16,21H,7-11H2,1-2H3,(H,22,28)(H,23,24,25,27). The van der Waals surface area contributed by atoms with Crippen molar-refractivity contribution in [1.82, 2.24) is 20.1 Å². The Bertz CT molecular complexity index is 869. The third-order valence-corrected chi connectivity index (χ3v) is 5.57. The van der Waals surface area contributed by atoms with Crippen LogP contribution >= 0.6 is 0 Å². The number of anilines is 2. The Kier molecular flexibility index (Phi) is 5.13. The smallest absolute Gasteiger partial charge is 0.258 e. The summed E-state index contributed by atoms with van der Waals surface area (Å²) in [6, 6.07) is 6.89. The maximum absolute atomic E-state index is 12.6. The number of carbonyl (C=O) groups is 2. The van der Waals surface area contributed by atoms with Crippen LogP contribution in [0.5, 0.6) is 0 Å². The number of rotatable bonds is 5. The highest BCUT2D eigenvalue weighted by Crippen LogP contribution is 2.38. The third kappa shape index (κ3) is 4.06. The van der Waals surface area contributed by atoms with Crippen molar-refractivity contribution in [2.24, 2.45) is 18.9 Å². The van der Waals surface area contributed by atoms with Gasteiger partial charge in [-0.25, -0.2) is 4.68 Å². The second-order valence-corrected chi connectivity index (χ2v) is 7.78. The van der Waals surface area contributed by atoms with Crippen LogP contribution in [0.2, 0.25) is 0 Å². The van der Waals surface area contributed by atoms with E-state index in [1.165, 1.54) is 0 Å². The fourth-order valence-electron chi connectivity index (χ4n) is 3.57. The number of nitrogens with one attached hydrogen (secondary N) is 3. The average molecular weight is 382 g/mol. The van der Waals surface area contributed by atoms with Gasteiger partial charge in [0.05, 0.1) is 0 Å². The van der Waals surface area contributed by atoms with Gasteiger partial charge in [0.25, 0.3) is 5.91 Å². The maximum atomic E-state index is 12.6. The van der Waals surface area contributed by atoms with E-state index in [1.807, 2.05) is 0 Å². The molecule has 2 unspecified atom stereocenters. The summed E-state index contributed by atoms with van der Waals surface area (Å²) < 4.78 is 1.61. The van der Waals surface area contributed by atoms with Crippen molar-refractivity contribution in [2.45, 2.75) is 32.1 Å². The van der Waals surface area contributed by atoms with Gasteiger partial charge in [0, 0.05) is 30.1 Å². The highest BCUT2D eigenvalue weighted by molar-refractivity contribution is 6.04. The van der Waals surface area contributed by atoms with Crippen LogP contribution < -0.4 is 16.0 Å². The van der Waals surface area contributed by atoms with Crippen LogP contribution in [0.1, 0.15) is 48.3 Å². The predicted octanol–water partition coefficient (Wildman–Crippen LogP) is 2.13.